The van der Waals surface area contributed by atoms with Gasteiger partial charge in [0, 0.05) is 35.4 Å². The summed E-state index contributed by atoms with van der Waals surface area (Å²) < 4.78 is 36.1. The molecule has 48 heavy (non-hydrogen) atoms. The lowest BCUT2D eigenvalue weighted by atomic mass is 9.75. The van der Waals surface area contributed by atoms with Gasteiger partial charge in [-0.15, -0.1) is 0 Å². The number of thioether (sulfide) groups is 1. The summed E-state index contributed by atoms with van der Waals surface area (Å²) in [5.41, 5.74) is 8.90. The first-order valence-corrected chi connectivity index (χ1v) is 19.7. The van der Waals surface area contributed by atoms with E-state index >= 15 is 0 Å². The largest absolute Gasteiger partial charge is 0.330 e. The van der Waals surface area contributed by atoms with Crippen LogP contribution in [0.4, 0.5) is 5.69 Å². The van der Waals surface area contributed by atoms with Crippen LogP contribution in [0.3, 0.4) is 0 Å². The smallest absolute Gasteiger partial charge is 0.265 e. The van der Waals surface area contributed by atoms with Crippen molar-refractivity contribution in [3.05, 3.63) is 129 Å². The maximum atomic E-state index is 11.6. The molecule has 2 heterocycles. The van der Waals surface area contributed by atoms with Crippen molar-refractivity contribution in [1.29, 1.82) is 0 Å². The molecular weight excluding hydrogens is 653 g/mol. The first-order chi connectivity index (χ1) is 22.9. The van der Waals surface area contributed by atoms with Crippen molar-refractivity contribution in [2.45, 2.75) is 64.9 Å². The molecule has 8 heteroatoms. The monoisotopic (exact) mass is 693 g/mol. The number of fused-ring (bicyclic) bond motifs is 4. The highest BCUT2D eigenvalue weighted by atomic mass is 32.2. The molecule has 0 spiro atoms. The maximum Gasteiger partial charge on any atom is 0.265 e. The molecule has 0 radical (unpaired) electrons. The van der Waals surface area contributed by atoms with Crippen molar-refractivity contribution < 1.29 is 17.5 Å². The Morgan fingerprint density at radius 3 is 2.48 bits per heavy atom. The number of benzene rings is 4. The molecule has 0 saturated carbocycles. The van der Waals surface area contributed by atoms with Crippen LogP contribution in [0, 0.1) is 19.3 Å². The van der Waals surface area contributed by atoms with Gasteiger partial charge in [-0.25, -0.2) is 0 Å². The van der Waals surface area contributed by atoms with E-state index in [2.05, 4.69) is 134 Å². The molecule has 1 aromatic heterocycles. The van der Waals surface area contributed by atoms with Crippen molar-refractivity contribution in [3.63, 3.8) is 0 Å². The van der Waals surface area contributed by atoms with Gasteiger partial charge in [0.05, 0.1) is 16.5 Å². The highest BCUT2D eigenvalue weighted by Gasteiger charge is 2.30. The molecule has 1 aliphatic heterocycles. The summed E-state index contributed by atoms with van der Waals surface area (Å²) in [5.74, 6) is -0.260. The highest BCUT2D eigenvalue weighted by Crippen LogP contribution is 2.49. The van der Waals surface area contributed by atoms with E-state index in [0.717, 1.165) is 29.9 Å². The van der Waals surface area contributed by atoms with Crippen LogP contribution in [0.15, 0.2) is 112 Å². The SMILES string of the molecule is Cc1cc2c(cc1C)N(Cc1ccccc1)/C(=C/C1=CC(=C/c3sc4c5ccccc5ccc4[n+]3CCCS(=O)(=O)O)/CC(C)(C)C1)S2. The average molecular weight is 694 g/mol. The number of allylic oxidation sites excluding steroid dienone is 4. The first kappa shape index (κ1) is 32.8. The molecule has 0 bridgehead atoms. The van der Waals surface area contributed by atoms with Crippen molar-refractivity contribution in [2.24, 2.45) is 5.41 Å². The summed E-state index contributed by atoms with van der Waals surface area (Å²) in [6.45, 7) is 10.4. The predicted molar refractivity (Wildman–Crippen MR) is 202 cm³/mol. The quantitative estimate of drug-likeness (QED) is 0.130. The number of anilines is 1. The fourth-order valence-electron chi connectivity index (χ4n) is 6.97. The standard InChI is InChI=1S/C40H40N2O3S3/c1-27-19-35-36(20-28(27)2)46-38(42(35)26-29-11-6-5-7-12-29)23-31-21-30(24-40(3,4)25-31)22-37-41(17-10-18-48(43,44)45)34-16-15-32-13-8-9-14-33(32)39(34)47-37/h5-9,11-16,19-23H,10,17-18,24-26H2,1-4H3/p+1. The molecule has 5 aromatic rings. The van der Waals surface area contributed by atoms with Crippen LogP contribution < -0.4 is 9.47 Å². The van der Waals surface area contributed by atoms with Gasteiger partial charge in [-0.1, -0.05) is 97.6 Å². The van der Waals surface area contributed by atoms with Crippen molar-refractivity contribution in [3.8, 4) is 0 Å². The molecule has 246 valence electrons. The van der Waals surface area contributed by atoms with Gasteiger partial charge in [0.2, 0.25) is 5.52 Å². The maximum absolute atomic E-state index is 11.6. The van der Waals surface area contributed by atoms with Crippen LogP contribution >= 0.6 is 23.1 Å². The minimum Gasteiger partial charge on any atom is -0.330 e. The van der Waals surface area contributed by atoms with Crippen LogP contribution in [0.1, 0.15) is 54.8 Å². The van der Waals surface area contributed by atoms with Crippen LogP contribution in [0.5, 0.6) is 0 Å². The van der Waals surface area contributed by atoms with E-state index in [4.69, 9.17) is 0 Å². The Balaban J connectivity index is 1.30. The van der Waals surface area contributed by atoms with E-state index in [1.54, 1.807) is 11.3 Å². The van der Waals surface area contributed by atoms with Crippen LogP contribution in [-0.4, -0.2) is 18.7 Å². The Bertz CT molecular complexity index is 2250. The zero-order valence-corrected chi connectivity index (χ0v) is 30.3. The topological polar surface area (TPSA) is 61.5 Å². The zero-order chi connectivity index (χ0) is 33.6. The lowest BCUT2D eigenvalue weighted by molar-refractivity contribution is -0.668. The van der Waals surface area contributed by atoms with E-state index in [9.17, 15) is 13.0 Å². The Hall–Kier alpha value is -3.69. The van der Waals surface area contributed by atoms with Gasteiger partial charge >= 0.3 is 0 Å². The van der Waals surface area contributed by atoms with Gasteiger partial charge in [0.15, 0.2) is 6.54 Å². The third-order valence-corrected chi connectivity index (χ3v) is 12.4. The summed E-state index contributed by atoms with van der Waals surface area (Å²) in [5, 5.41) is 4.71. The van der Waals surface area contributed by atoms with Crippen molar-refractivity contribution in [1.82, 2.24) is 0 Å². The minimum absolute atomic E-state index is 0.0692. The number of aromatic nitrogens is 1. The van der Waals surface area contributed by atoms with Gasteiger partial charge in [-0.2, -0.15) is 13.0 Å². The second-order valence-electron chi connectivity index (χ2n) is 13.9. The zero-order valence-electron chi connectivity index (χ0n) is 27.9. The number of aryl methyl sites for hydroxylation is 3. The van der Waals surface area contributed by atoms with Gasteiger partial charge in [0.25, 0.3) is 15.1 Å². The van der Waals surface area contributed by atoms with Crippen molar-refractivity contribution >= 4 is 66.0 Å². The predicted octanol–water partition coefficient (Wildman–Crippen LogP) is 10.0. The fraction of sp³-hybridized carbons (Fsp3) is 0.275. The summed E-state index contributed by atoms with van der Waals surface area (Å²) in [6, 6.07) is 28.0. The molecule has 0 unspecified atom stereocenters. The van der Waals surface area contributed by atoms with E-state index in [0.29, 0.717) is 13.0 Å². The molecule has 1 N–H and O–H groups in total. The van der Waals surface area contributed by atoms with Crippen LogP contribution in [0.2, 0.25) is 0 Å². The molecule has 7 rings (SSSR count). The van der Waals surface area contributed by atoms with E-state index in [1.165, 1.54) is 58.9 Å². The van der Waals surface area contributed by atoms with E-state index in [-0.39, 0.29) is 11.2 Å². The molecule has 0 fully saturated rings. The molecule has 0 amide bonds. The Kier molecular flexibility index (Phi) is 8.87. The molecule has 1 aliphatic carbocycles. The fourth-order valence-corrected chi connectivity index (χ4v) is 9.98. The molecule has 4 aromatic carbocycles. The summed E-state index contributed by atoms with van der Waals surface area (Å²) in [7, 11) is -4.04. The van der Waals surface area contributed by atoms with Gasteiger partial charge in [0.1, 0.15) is 4.70 Å². The third kappa shape index (κ3) is 7.03. The Morgan fingerprint density at radius 1 is 0.938 bits per heavy atom. The number of hydrogen-bond donors (Lipinski definition) is 1. The normalized spacial score (nSPS) is 17.9. The van der Waals surface area contributed by atoms with Crippen LogP contribution in [0.25, 0.3) is 27.1 Å². The number of thiazole rings is 1. The summed E-state index contributed by atoms with van der Waals surface area (Å²) in [4.78, 5) is 3.77. The van der Waals surface area contributed by atoms with Crippen molar-refractivity contribution in [2.75, 3.05) is 10.7 Å². The lowest BCUT2D eigenvalue weighted by Crippen LogP contribution is -2.36. The van der Waals surface area contributed by atoms with Gasteiger partial charge < -0.3 is 4.90 Å². The second-order valence-corrected chi connectivity index (χ2v) is 17.5. The summed E-state index contributed by atoms with van der Waals surface area (Å²) >= 11 is 3.61. The molecule has 5 nitrogen and oxygen atoms in total. The van der Waals surface area contributed by atoms with Gasteiger partial charge in [-0.05, 0) is 89.6 Å². The first-order valence-electron chi connectivity index (χ1n) is 16.5. The Labute approximate surface area is 292 Å². The number of nitrogens with zero attached hydrogens (tertiary/aromatic N) is 2. The third-order valence-electron chi connectivity index (χ3n) is 9.29. The van der Waals surface area contributed by atoms with E-state index < -0.39 is 10.1 Å². The summed E-state index contributed by atoms with van der Waals surface area (Å²) in [6.07, 6.45) is 9.32. The molecule has 2 aliphatic rings. The van der Waals surface area contributed by atoms with E-state index in [1.807, 2.05) is 11.8 Å². The molecule has 0 saturated heterocycles. The van der Waals surface area contributed by atoms with Crippen LogP contribution in [-0.2, 0) is 23.2 Å². The molecular formula is C40H41N2O3S3+. The second kappa shape index (κ2) is 13.0. The van der Waals surface area contributed by atoms with Gasteiger partial charge in [-0.3, -0.25) is 4.55 Å². The number of rotatable bonds is 8. The molecule has 0 atom stereocenters. The Morgan fingerprint density at radius 2 is 1.69 bits per heavy atom. The lowest BCUT2D eigenvalue weighted by Gasteiger charge is -2.31. The average Bonchev–Trinajstić information content (AvgIpc) is 3.53. The number of hydrogen-bond acceptors (Lipinski definition) is 5. The minimum atomic E-state index is -4.04. The highest BCUT2D eigenvalue weighted by molar-refractivity contribution is 8.03.